The molecule has 0 unspecified atom stereocenters. The van der Waals surface area contributed by atoms with Crippen LogP contribution >= 0.6 is 0 Å². The standard InChI is InChI=1S/C23H23FN6O/c1-2-3-6-13-26-23(31)19-20-22(29-18-8-5-4-7-17(18)28-20)30(21(19)25)27-14-15-9-11-16(24)12-10-15/h4-5,7-12,14H,2-3,6,13,25H2,1H3,(H,26,31)/b27-14+. The van der Waals surface area contributed by atoms with Crippen LogP contribution < -0.4 is 11.1 Å². The van der Waals surface area contributed by atoms with Gasteiger partial charge in [0, 0.05) is 6.54 Å². The third-order valence-corrected chi connectivity index (χ3v) is 4.96. The summed E-state index contributed by atoms with van der Waals surface area (Å²) in [5.41, 5.74) is 9.38. The summed E-state index contributed by atoms with van der Waals surface area (Å²) in [6.07, 6.45) is 4.52. The molecule has 4 aromatic rings. The van der Waals surface area contributed by atoms with Crippen LogP contribution in [0.4, 0.5) is 10.2 Å². The quantitative estimate of drug-likeness (QED) is 0.349. The van der Waals surface area contributed by atoms with Crippen molar-refractivity contribution in [1.29, 1.82) is 0 Å². The number of nitrogen functional groups attached to an aromatic ring is 1. The molecular weight excluding hydrogens is 395 g/mol. The zero-order valence-electron chi connectivity index (χ0n) is 17.2. The Morgan fingerprint density at radius 2 is 1.84 bits per heavy atom. The molecule has 0 atom stereocenters. The maximum Gasteiger partial charge on any atom is 0.257 e. The molecule has 0 bridgehead atoms. The molecule has 0 fully saturated rings. The van der Waals surface area contributed by atoms with Gasteiger partial charge in [-0.3, -0.25) is 4.79 Å². The maximum absolute atomic E-state index is 13.2. The van der Waals surface area contributed by atoms with E-state index in [-0.39, 0.29) is 23.1 Å². The number of aromatic nitrogens is 3. The lowest BCUT2D eigenvalue weighted by Crippen LogP contribution is -2.25. The minimum Gasteiger partial charge on any atom is -0.383 e. The van der Waals surface area contributed by atoms with Crippen LogP contribution in [0.2, 0.25) is 0 Å². The molecule has 0 radical (unpaired) electrons. The van der Waals surface area contributed by atoms with Gasteiger partial charge in [-0.15, -0.1) is 0 Å². The van der Waals surface area contributed by atoms with Crippen LogP contribution in [0.1, 0.15) is 42.1 Å². The number of para-hydroxylation sites is 2. The number of halogens is 1. The fourth-order valence-electron chi connectivity index (χ4n) is 3.33. The molecule has 2 aromatic carbocycles. The Morgan fingerprint density at radius 1 is 1.13 bits per heavy atom. The number of benzene rings is 2. The van der Waals surface area contributed by atoms with Crippen molar-refractivity contribution in [2.24, 2.45) is 5.10 Å². The number of fused-ring (bicyclic) bond motifs is 2. The second-order valence-corrected chi connectivity index (χ2v) is 7.22. The second-order valence-electron chi connectivity index (χ2n) is 7.22. The summed E-state index contributed by atoms with van der Waals surface area (Å²) in [6.45, 7) is 2.66. The molecule has 0 aliphatic rings. The topological polar surface area (TPSA) is 98.2 Å². The fourth-order valence-corrected chi connectivity index (χ4v) is 3.33. The molecular formula is C23H23FN6O. The molecule has 7 nitrogen and oxygen atoms in total. The first-order valence-corrected chi connectivity index (χ1v) is 10.2. The molecule has 0 saturated carbocycles. The zero-order valence-corrected chi connectivity index (χ0v) is 17.2. The number of nitrogens with zero attached hydrogens (tertiary/aromatic N) is 4. The summed E-state index contributed by atoms with van der Waals surface area (Å²) >= 11 is 0. The van der Waals surface area contributed by atoms with Gasteiger partial charge in [0.2, 0.25) is 0 Å². The predicted molar refractivity (Wildman–Crippen MR) is 121 cm³/mol. The van der Waals surface area contributed by atoms with E-state index in [4.69, 9.17) is 5.73 Å². The first kappa shape index (κ1) is 20.5. The highest BCUT2D eigenvalue weighted by molar-refractivity contribution is 6.10. The average molecular weight is 418 g/mol. The van der Waals surface area contributed by atoms with E-state index in [0.717, 1.165) is 19.3 Å². The van der Waals surface area contributed by atoms with E-state index in [1.165, 1.54) is 23.0 Å². The van der Waals surface area contributed by atoms with E-state index >= 15 is 0 Å². The Hall–Kier alpha value is -3.81. The second kappa shape index (κ2) is 8.91. The lowest BCUT2D eigenvalue weighted by molar-refractivity contribution is 0.0955. The number of nitrogens with one attached hydrogen (secondary N) is 1. The summed E-state index contributed by atoms with van der Waals surface area (Å²) in [4.78, 5) is 22.2. The molecule has 2 aromatic heterocycles. The molecule has 8 heteroatoms. The van der Waals surface area contributed by atoms with Crippen LogP contribution in [-0.4, -0.2) is 33.3 Å². The highest BCUT2D eigenvalue weighted by Gasteiger charge is 2.23. The van der Waals surface area contributed by atoms with Crippen LogP contribution in [0.5, 0.6) is 0 Å². The maximum atomic E-state index is 13.2. The van der Waals surface area contributed by atoms with E-state index in [0.29, 0.717) is 34.3 Å². The third-order valence-electron chi connectivity index (χ3n) is 4.96. The van der Waals surface area contributed by atoms with Gasteiger partial charge in [0.1, 0.15) is 22.7 Å². The van der Waals surface area contributed by atoms with Crippen molar-refractivity contribution in [1.82, 2.24) is 20.0 Å². The van der Waals surface area contributed by atoms with Gasteiger partial charge in [-0.05, 0) is 36.2 Å². The number of hydrogen-bond acceptors (Lipinski definition) is 5. The van der Waals surface area contributed by atoms with Crippen LogP contribution in [0.15, 0.2) is 53.6 Å². The van der Waals surface area contributed by atoms with Crippen LogP contribution in [0.25, 0.3) is 22.2 Å². The largest absolute Gasteiger partial charge is 0.383 e. The lowest BCUT2D eigenvalue weighted by atomic mass is 10.2. The van der Waals surface area contributed by atoms with Gasteiger partial charge in [0.05, 0.1) is 17.2 Å². The number of carbonyl (C=O) groups excluding carboxylic acids is 1. The van der Waals surface area contributed by atoms with Crippen molar-refractivity contribution in [3.05, 3.63) is 65.5 Å². The molecule has 158 valence electrons. The number of amides is 1. The monoisotopic (exact) mass is 418 g/mol. The Morgan fingerprint density at radius 3 is 2.55 bits per heavy atom. The Kier molecular flexibility index (Phi) is 5.88. The molecule has 0 saturated heterocycles. The van der Waals surface area contributed by atoms with Crippen molar-refractivity contribution < 1.29 is 9.18 Å². The van der Waals surface area contributed by atoms with Gasteiger partial charge in [-0.1, -0.05) is 44.0 Å². The molecule has 31 heavy (non-hydrogen) atoms. The van der Waals surface area contributed by atoms with Crippen LogP contribution in [0, 0.1) is 5.82 Å². The van der Waals surface area contributed by atoms with Gasteiger partial charge < -0.3 is 11.1 Å². The van der Waals surface area contributed by atoms with E-state index in [2.05, 4.69) is 27.3 Å². The molecule has 3 N–H and O–H groups in total. The molecule has 0 aliphatic heterocycles. The summed E-state index contributed by atoms with van der Waals surface area (Å²) < 4.78 is 14.6. The summed E-state index contributed by atoms with van der Waals surface area (Å²) in [5, 5.41) is 7.33. The van der Waals surface area contributed by atoms with Gasteiger partial charge in [0.25, 0.3) is 5.91 Å². The summed E-state index contributed by atoms with van der Waals surface area (Å²) in [7, 11) is 0. The van der Waals surface area contributed by atoms with E-state index in [1.54, 1.807) is 12.1 Å². The SMILES string of the molecule is CCCCCNC(=O)c1c(N)n(/N=C/c2ccc(F)cc2)c2nc3ccccc3nc12. The number of rotatable bonds is 7. The minimum atomic E-state index is -0.331. The van der Waals surface area contributed by atoms with Gasteiger partial charge in [0.15, 0.2) is 5.65 Å². The highest BCUT2D eigenvalue weighted by atomic mass is 19.1. The smallest absolute Gasteiger partial charge is 0.257 e. The van der Waals surface area contributed by atoms with Crippen molar-refractivity contribution in [2.75, 3.05) is 12.3 Å². The minimum absolute atomic E-state index is 0.150. The normalized spacial score (nSPS) is 11.5. The number of nitrogens with two attached hydrogens (primary N) is 1. The highest BCUT2D eigenvalue weighted by Crippen LogP contribution is 2.27. The number of unbranched alkanes of at least 4 members (excludes halogenated alkanes) is 2. The van der Waals surface area contributed by atoms with Crippen molar-refractivity contribution in [3.63, 3.8) is 0 Å². The molecule has 0 aliphatic carbocycles. The summed E-state index contributed by atoms with van der Waals surface area (Å²) in [6, 6.07) is 13.3. The molecule has 2 heterocycles. The summed E-state index contributed by atoms with van der Waals surface area (Å²) in [5.74, 6) is -0.488. The first-order valence-electron chi connectivity index (χ1n) is 10.2. The zero-order chi connectivity index (χ0) is 21.8. The predicted octanol–water partition coefficient (Wildman–Crippen LogP) is 4.11. The third kappa shape index (κ3) is 4.23. The fraction of sp³-hybridized carbons (Fsp3) is 0.217. The average Bonchev–Trinajstić information content (AvgIpc) is 3.05. The molecule has 4 rings (SSSR count). The van der Waals surface area contributed by atoms with Gasteiger partial charge in [-0.2, -0.15) is 9.78 Å². The Labute approximate surface area is 178 Å². The van der Waals surface area contributed by atoms with Crippen molar-refractivity contribution >= 4 is 40.1 Å². The molecule has 0 spiro atoms. The lowest BCUT2D eigenvalue weighted by Gasteiger charge is -2.04. The molecule has 1 amide bonds. The number of carbonyl (C=O) groups is 1. The first-order chi connectivity index (χ1) is 15.1. The Balaban J connectivity index is 1.80. The van der Waals surface area contributed by atoms with E-state index < -0.39 is 0 Å². The van der Waals surface area contributed by atoms with E-state index in [1.807, 2.05) is 24.3 Å². The van der Waals surface area contributed by atoms with Crippen LogP contribution in [0.3, 0.4) is 0 Å². The van der Waals surface area contributed by atoms with E-state index in [9.17, 15) is 9.18 Å². The number of anilines is 1. The van der Waals surface area contributed by atoms with Crippen molar-refractivity contribution in [3.8, 4) is 0 Å². The Bertz CT molecular complexity index is 1260. The number of hydrogen-bond donors (Lipinski definition) is 2. The van der Waals surface area contributed by atoms with Gasteiger partial charge in [-0.25, -0.2) is 14.4 Å². The van der Waals surface area contributed by atoms with Gasteiger partial charge >= 0.3 is 0 Å². The van der Waals surface area contributed by atoms with Crippen molar-refractivity contribution in [2.45, 2.75) is 26.2 Å². The van der Waals surface area contributed by atoms with Crippen LogP contribution in [-0.2, 0) is 0 Å².